The van der Waals surface area contributed by atoms with Gasteiger partial charge in [0.2, 0.25) is 10.0 Å². The summed E-state index contributed by atoms with van der Waals surface area (Å²) in [6.45, 7) is 4.42. The van der Waals surface area contributed by atoms with Crippen molar-refractivity contribution < 1.29 is 17.9 Å². The lowest BCUT2D eigenvalue weighted by molar-refractivity contribution is 0.0940. The Balaban J connectivity index is 1.46. The molecule has 0 saturated carbocycles. The smallest absolute Gasteiger partial charge is 0.251 e. The van der Waals surface area contributed by atoms with Gasteiger partial charge >= 0.3 is 0 Å². The first-order chi connectivity index (χ1) is 17.3. The van der Waals surface area contributed by atoms with Crippen LogP contribution in [0.25, 0.3) is 0 Å². The van der Waals surface area contributed by atoms with Crippen LogP contribution in [0.1, 0.15) is 65.3 Å². The summed E-state index contributed by atoms with van der Waals surface area (Å²) in [5, 5.41) is 3.09. The predicted octanol–water partition coefficient (Wildman–Crippen LogP) is 5.42. The number of rotatable bonds is 9. The average molecular weight is 507 g/mol. The van der Waals surface area contributed by atoms with Crippen molar-refractivity contribution in [3.63, 3.8) is 0 Å². The van der Waals surface area contributed by atoms with Gasteiger partial charge in [-0.25, -0.2) is 8.42 Å². The molecular weight excluding hydrogens is 472 g/mol. The Bertz CT molecular complexity index is 1320. The normalized spacial score (nSPS) is 14.0. The number of amides is 1. The zero-order valence-corrected chi connectivity index (χ0v) is 22.0. The lowest BCUT2D eigenvalue weighted by atomic mass is 9.89. The van der Waals surface area contributed by atoms with Gasteiger partial charge in [-0.15, -0.1) is 0 Å². The zero-order chi connectivity index (χ0) is 25.7. The molecule has 0 fully saturated rings. The van der Waals surface area contributed by atoms with E-state index in [2.05, 4.69) is 23.5 Å². The summed E-state index contributed by atoms with van der Waals surface area (Å²) in [5.74, 6) is 0.353. The van der Waals surface area contributed by atoms with Crippen LogP contribution in [0.3, 0.4) is 0 Å². The second-order valence-electron chi connectivity index (χ2n) is 9.30. The fourth-order valence-electron chi connectivity index (χ4n) is 4.64. The van der Waals surface area contributed by atoms with Crippen molar-refractivity contribution in [2.45, 2.75) is 52.1 Å². The quantitative estimate of drug-likeness (QED) is 0.420. The molecule has 0 bridgehead atoms. The highest BCUT2D eigenvalue weighted by Crippen LogP contribution is 2.31. The highest BCUT2D eigenvalue weighted by molar-refractivity contribution is 7.92. The first kappa shape index (κ1) is 25.8. The molecule has 0 radical (unpaired) electrons. The van der Waals surface area contributed by atoms with Crippen LogP contribution in [-0.2, 0) is 29.4 Å². The number of nitrogens with one attached hydrogen (secondary N) is 1. The monoisotopic (exact) mass is 506 g/mol. The molecule has 190 valence electrons. The highest BCUT2D eigenvalue weighted by atomic mass is 32.2. The number of sulfonamides is 1. The van der Waals surface area contributed by atoms with Gasteiger partial charge in [0.25, 0.3) is 5.91 Å². The predicted molar refractivity (Wildman–Crippen MR) is 144 cm³/mol. The Morgan fingerprint density at radius 3 is 2.39 bits per heavy atom. The molecule has 4 rings (SSSR count). The number of ether oxygens (including phenoxy) is 1. The van der Waals surface area contributed by atoms with Gasteiger partial charge in [0, 0.05) is 5.56 Å². The maximum absolute atomic E-state index is 12.9. The molecule has 1 aliphatic carbocycles. The van der Waals surface area contributed by atoms with Crippen LogP contribution < -0.4 is 14.4 Å². The fourth-order valence-corrected chi connectivity index (χ4v) is 5.53. The second-order valence-corrected chi connectivity index (χ2v) is 11.2. The summed E-state index contributed by atoms with van der Waals surface area (Å²) in [5.41, 5.74) is 5.71. The molecule has 36 heavy (non-hydrogen) atoms. The van der Waals surface area contributed by atoms with Gasteiger partial charge in [-0.2, -0.15) is 0 Å². The molecule has 0 saturated heterocycles. The lowest BCUT2D eigenvalue weighted by Crippen LogP contribution is -2.30. The van der Waals surface area contributed by atoms with Gasteiger partial charge in [-0.3, -0.25) is 9.10 Å². The van der Waals surface area contributed by atoms with Crippen LogP contribution in [0.5, 0.6) is 5.75 Å². The second kappa shape index (κ2) is 11.2. The maximum Gasteiger partial charge on any atom is 0.251 e. The molecule has 1 aliphatic rings. The third-order valence-corrected chi connectivity index (χ3v) is 7.72. The van der Waals surface area contributed by atoms with Crippen LogP contribution in [0.4, 0.5) is 5.69 Å². The Morgan fingerprint density at radius 1 is 1.00 bits per heavy atom. The molecule has 0 aromatic heterocycles. The number of aryl methyl sites for hydroxylation is 2. The first-order valence-corrected chi connectivity index (χ1v) is 14.3. The number of fused-ring (bicyclic) bond motifs is 1. The number of hydrogen-bond donors (Lipinski definition) is 1. The number of anilines is 1. The standard InChI is InChI=1S/C29H34N2O4S/c1-4-35-28-12-8-7-11-27(28)31(36(3,33)34)20-22-13-15-24(16-14-22)29(32)30-21(2)25-18-17-23-9-5-6-10-26(23)19-25/h7-8,11-19,21H,4-6,9-10,20H2,1-3H3,(H,30,32)/t21-/m0/s1. The SMILES string of the molecule is CCOc1ccccc1N(Cc1ccc(C(=O)N[C@@H](C)c2ccc3c(c2)CCCC3)cc1)S(C)(=O)=O. The van der Waals surface area contributed by atoms with Crippen molar-refractivity contribution in [1.29, 1.82) is 0 Å². The van der Waals surface area contributed by atoms with Gasteiger partial charge in [0.1, 0.15) is 5.75 Å². The number of nitrogens with zero attached hydrogens (tertiary/aromatic N) is 1. The van der Waals surface area contributed by atoms with Crippen molar-refractivity contribution in [2.24, 2.45) is 0 Å². The molecule has 3 aromatic rings. The Hall–Kier alpha value is -3.32. The molecular formula is C29H34N2O4S. The minimum Gasteiger partial charge on any atom is -0.492 e. The number of carbonyl (C=O) groups excluding carboxylic acids is 1. The highest BCUT2D eigenvalue weighted by Gasteiger charge is 2.22. The number of hydrogen-bond acceptors (Lipinski definition) is 4. The lowest BCUT2D eigenvalue weighted by Gasteiger charge is -2.25. The van der Waals surface area contributed by atoms with Gasteiger partial charge < -0.3 is 10.1 Å². The molecule has 1 N–H and O–H groups in total. The zero-order valence-electron chi connectivity index (χ0n) is 21.2. The molecule has 0 spiro atoms. The van der Waals surface area contributed by atoms with E-state index in [1.165, 1.54) is 34.5 Å². The van der Waals surface area contributed by atoms with Crippen LogP contribution in [0, 0.1) is 0 Å². The summed E-state index contributed by atoms with van der Waals surface area (Å²) in [7, 11) is -3.56. The third-order valence-electron chi connectivity index (χ3n) is 6.60. The summed E-state index contributed by atoms with van der Waals surface area (Å²) in [6, 6.07) is 20.6. The van der Waals surface area contributed by atoms with Crippen molar-refractivity contribution in [2.75, 3.05) is 17.2 Å². The van der Waals surface area contributed by atoms with Crippen LogP contribution in [0.15, 0.2) is 66.7 Å². The van der Waals surface area contributed by atoms with E-state index in [1.54, 1.807) is 42.5 Å². The van der Waals surface area contributed by atoms with Gasteiger partial charge in [-0.05, 0) is 86.1 Å². The molecule has 3 aromatic carbocycles. The average Bonchev–Trinajstić information content (AvgIpc) is 2.87. The van der Waals surface area contributed by atoms with Crippen LogP contribution in [0.2, 0.25) is 0 Å². The summed E-state index contributed by atoms with van der Waals surface area (Å²) < 4.78 is 32.2. The molecule has 6 nitrogen and oxygen atoms in total. The van der Waals surface area contributed by atoms with Gasteiger partial charge in [0.05, 0.1) is 31.1 Å². The Morgan fingerprint density at radius 2 is 1.69 bits per heavy atom. The van der Waals surface area contributed by atoms with E-state index in [-0.39, 0.29) is 18.5 Å². The Labute approximate surface area is 214 Å². The van der Waals surface area contributed by atoms with Crippen molar-refractivity contribution in [3.8, 4) is 5.75 Å². The van der Waals surface area contributed by atoms with Crippen molar-refractivity contribution in [1.82, 2.24) is 5.32 Å². The Kier molecular flexibility index (Phi) is 7.99. The third kappa shape index (κ3) is 6.08. The van der Waals surface area contributed by atoms with Crippen molar-refractivity contribution in [3.05, 3.63) is 94.5 Å². The molecule has 0 aliphatic heterocycles. The maximum atomic E-state index is 12.9. The summed E-state index contributed by atoms with van der Waals surface area (Å²) in [4.78, 5) is 12.9. The number of para-hydroxylation sites is 2. The summed E-state index contributed by atoms with van der Waals surface area (Å²) >= 11 is 0. The van der Waals surface area contributed by atoms with E-state index in [4.69, 9.17) is 4.74 Å². The molecule has 1 atom stereocenters. The van der Waals surface area contributed by atoms with Crippen molar-refractivity contribution >= 4 is 21.6 Å². The molecule has 1 amide bonds. The van der Waals surface area contributed by atoms with Crippen LogP contribution in [-0.4, -0.2) is 27.2 Å². The number of carbonyl (C=O) groups is 1. The van der Waals surface area contributed by atoms with E-state index in [0.29, 0.717) is 23.6 Å². The van der Waals surface area contributed by atoms with E-state index in [0.717, 1.165) is 24.0 Å². The van der Waals surface area contributed by atoms with Crippen LogP contribution >= 0.6 is 0 Å². The van der Waals surface area contributed by atoms with E-state index in [1.807, 2.05) is 19.9 Å². The van der Waals surface area contributed by atoms with E-state index in [9.17, 15) is 13.2 Å². The minimum absolute atomic E-state index is 0.111. The molecule has 7 heteroatoms. The summed E-state index contributed by atoms with van der Waals surface area (Å²) in [6.07, 6.45) is 5.88. The van der Waals surface area contributed by atoms with E-state index >= 15 is 0 Å². The first-order valence-electron chi connectivity index (χ1n) is 12.5. The fraction of sp³-hybridized carbons (Fsp3) is 0.345. The number of benzene rings is 3. The van der Waals surface area contributed by atoms with E-state index < -0.39 is 10.0 Å². The topological polar surface area (TPSA) is 75.7 Å². The van der Waals surface area contributed by atoms with Gasteiger partial charge in [0.15, 0.2) is 0 Å². The molecule has 0 unspecified atom stereocenters. The largest absolute Gasteiger partial charge is 0.492 e. The van der Waals surface area contributed by atoms with Gasteiger partial charge in [-0.1, -0.05) is 42.5 Å². The minimum atomic E-state index is -3.56. The molecule has 0 heterocycles.